The van der Waals surface area contributed by atoms with Gasteiger partial charge in [-0.1, -0.05) is 54.6 Å². The maximum Gasteiger partial charge on any atom is 0.361 e. The maximum absolute atomic E-state index is 11.5. The van der Waals surface area contributed by atoms with Crippen molar-refractivity contribution < 1.29 is 9.90 Å². The lowest BCUT2D eigenvalue weighted by Crippen LogP contribution is -2.08. The van der Waals surface area contributed by atoms with Crippen LogP contribution in [-0.2, 0) is 13.0 Å². The highest BCUT2D eigenvalue weighted by Crippen LogP contribution is 2.24. The Kier molecular flexibility index (Phi) is 5.12. The summed E-state index contributed by atoms with van der Waals surface area (Å²) in [4.78, 5) is 26.9. The predicted octanol–water partition coefficient (Wildman–Crippen LogP) is 3.10. The van der Waals surface area contributed by atoms with Crippen LogP contribution in [0.4, 0.5) is 0 Å². The Balaban J connectivity index is 1.86. The van der Waals surface area contributed by atoms with Crippen molar-refractivity contribution in [1.82, 2.24) is 14.8 Å². The van der Waals surface area contributed by atoms with Crippen LogP contribution in [0.5, 0.6) is 0 Å². The highest BCUT2D eigenvalue weighted by Gasteiger charge is 2.11. The van der Waals surface area contributed by atoms with Gasteiger partial charge >= 0.3 is 11.7 Å². The quantitative estimate of drug-likeness (QED) is 0.669. The molecule has 0 aliphatic heterocycles. The number of hydrogen-bond donors (Lipinski definition) is 2. The summed E-state index contributed by atoms with van der Waals surface area (Å²) < 4.78 is 1.72. The molecule has 0 aliphatic rings. The van der Waals surface area contributed by atoms with Gasteiger partial charge in [0.1, 0.15) is 5.82 Å². The van der Waals surface area contributed by atoms with Gasteiger partial charge in [0.25, 0.3) is 0 Å². The second-order valence-corrected chi connectivity index (χ2v) is 5.85. The molecule has 26 heavy (non-hydrogen) atoms. The minimum Gasteiger partial charge on any atom is -0.478 e. The van der Waals surface area contributed by atoms with Crippen LogP contribution >= 0.6 is 0 Å². The summed E-state index contributed by atoms with van der Waals surface area (Å²) >= 11 is 0. The number of H-pyrrole nitrogens is 1. The van der Waals surface area contributed by atoms with E-state index in [1.165, 1.54) is 0 Å². The molecular weight excluding hydrogens is 330 g/mol. The van der Waals surface area contributed by atoms with Crippen LogP contribution in [0.25, 0.3) is 11.1 Å². The van der Waals surface area contributed by atoms with Crippen LogP contribution in [0.2, 0.25) is 0 Å². The Labute approximate surface area is 150 Å². The zero-order valence-electron chi connectivity index (χ0n) is 14.3. The Morgan fingerprint density at radius 2 is 1.92 bits per heavy atom. The van der Waals surface area contributed by atoms with Gasteiger partial charge < -0.3 is 5.11 Å². The highest BCUT2D eigenvalue weighted by molar-refractivity contribution is 5.95. The Hall–Kier alpha value is -3.41. The normalized spacial score (nSPS) is 11.1. The number of aromatic nitrogens is 3. The third-order valence-electron chi connectivity index (χ3n) is 4.07. The molecule has 0 amide bonds. The first-order valence-corrected chi connectivity index (χ1v) is 8.27. The molecule has 0 atom stereocenters. The summed E-state index contributed by atoms with van der Waals surface area (Å²) in [6.45, 7) is 2.41. The number of allylic oxidation sites excluding steroid dienone is 2. The fourth-order valence-electron chi connectivity index (χ4n) is 2.79. The first-order chi connectivity index (χ1) is 12.6. The number of carboxylic acids is 1. The van der Waals surface area contributed by atoms with Crippen molar-refractivity contribution in [3.8, 4) is 11.1 Å². The molecule has 3 aromatic rings. The van der Waals surface area contributed by atoms with Crippen molar-refractivity contribution in [2.45, 2.75) is 19.9 Å². The third kappa shape index (κ3) is 3.80. The van der Waals surface area contributed by atoms with Gasteiger partial charge in [0.05, 0.1) is 12.1 Å². The second kappa shape index (κ2) is 7.65. The second-order valence-electron chi connectivity index (χ2n) is 5.85. The predicted molar refractivity (Wildman–Crippen MR) is 99.3 cm³/mol. The molecule has 6 nitrogen and oxygen atoms in total. The molecule has 6 heteroatoms. The molecule has 0 saturated carbocycles. The van der Waals surface area contributed by atoms with E-state index in [1.54, 1.807) is 22.9 Å². The highest BCUT2D eigenvalue weighted by atomic mass is 16.4. The number of hydrogen-bond acceptors (Lipinski definition) is 3. The number of rotatable bonds is 6. The van der Waals surface area contributed by atoms with Crippen LogP contribution in [0, 0.1) is 0 Å². The molecule has 3 rings (SSSR count). The molecule has 0 saturated heterocycles. The fourth-order valence-corrected chi connectivity index (χ4v) is 2.79. The van der Waals surface area contributed by atoms with E-state index in [0.717, 1.165) is 11.1 Å². The van der Waals surface area contributed by atoms with Gasteiger partial charge in [-0.3, -0.25) is 4.68 Å². The van der Waals surface area contributed by atoms with Crippen LogP contribution < -0.4 is 5.69 Å². The Morgan fingerprint density at radius 3 is 2.62 bits per heavy atom. The van der Waals surface area contributed by atoms with Gasteiger partial charge in [0.2, 0.25) is 0 Å². The molecule has 0 unspecified atom stereocenters. The van der Waals surface area contributed by atoms with Crippen molar-refractivity contribution in [1.29, 1.82) is 0 Å². The number of benzene rings is 2. The molecule has 2 aromatic carbocycles. The van der Waals surface area contributed by atoms with Gasteiger partial charge in [-0.05, 0) is 29.7 Å². The summed E-state index contributed by atoms with van der Waals surface area (Å²) in [6, 6.07) is 14.5. The number of aromatic amines is 1. The van der Waals surface area contributed by atoms with Crippen molar-refractivity contribution in [3.63, 3.8) is 0 Å². The average Bonchev–Trinajstić information content (AvgIpc) is 2.99. The van der Waals surface area contributed by atoms with E-state index in [1.807, 2.05) is 49.4 Å². The van der Waals surface area contributed by atoms with E-state index in [9.17, 15) is 14.7 Å². The minimum absolute atomic E-state index is 0.271. The Bertz CT molecular complexity index is 998. The summed E-state index contributed by atoms with van der Waals surface area (Å²) in [5.41, 5.74) is 2.40. The molecule has 0 aliphatic carbocycles. The van der Waals surface area contributed by atoms with Crippen molar-refractivity contribution in [2.75, 3.05) is 0 Å². The smallest absolute Gasteiger partial charge is 0.361 e. The van der Waals surface area contributed by atoms with Crippen molar-refractivity contribution in [3.05, 3.63) is 88.1 Å². The van der Waals surface area contributed by atoms with Crippen LogP contribution in [0.3, 0.4) is 0 Å². The number of carbonyl (C=O) groups is 1. The molecule has 132 valence electrons. The number of nitrogens with one attached hydrogen (secondary N) is 1. The van der Waals surface area contributed by atoms with Gasteiger partial charge in [-0.25, -0.2) is 14.7 Å². The molecule has 0 spiro atoms. The average molecular weight is 349 g/mol. The largest absolute Gasteiger partial charge is 0.478 e. The summed E-state index contributed by atoms with van der Waals surface area (Å²) in [5, 5.41) is 12.0. The monoisotopic (exact) mass is 349 g/mol. The van der Waals surface area contributed by atoms with E-state index in [-0.39, 0.29) is 11.3 Å². The van der Waals surface area contributed by atoms with E-state index >= 15 is 0 Å². The number of nitrogens with zero attached hydrogens (tertiary/aromatic N) is 2. The molecular formula is C20H19N3O3. The molecule has 1 heterocycles. The lowest BCUT2D eigenvalue weighted by molar-refractivity contribution is 0.0697. The van der Waals surface area contributed by atoms with E-state index in [0.29, 0.717) is 24.4 Å². The molecule has 2 N–H and O–H groups in total. The zero-order valence-corrected chi connectivity index (χ0v) is 14.3. The maximum atomic E-state index is 11.5. The summed E-state index contributed by atoms with van der Waals surface area (Å²) in [7, 11) is 0. The topological polar surface area (TPSA) is 88.0 Å². The Morgan fingerprint density at radius 1 is 1.19 bits per heavy atom. The lowest BCUT2D eigenvalue weighted by Gasteiger charge is -2.09. The number of aromatic carboxylic acids is 1. The minimum atomic E-state index is -0.950. The van der Waals surface area contributed by atoms with Crippen molar-refractivity contribution >= 4 is 5.97 Å². The SMILES string of the molecule is C/C=C/Cc1nc(=O)[nH]n1Cc1ccc(-c2ccccc2C(=O)O)cc1. The van der Waals surface area contributed by atoms with Crippen molar-refractivity contribution in [2.24, 2.45) is 0 Å². The van der Waals surface area contributed by atoms with E-state index in [4.69, 9.17) is 0 Å². The fraction of sp³-hybridized carbons (Fsp3) is 0.150. The molecule has 0 bridgehead atoms. The summed E-state index contributed by atoms with van der Waals surface area (Å²) in [5.74, 6) is -0.275. The van der Waals surface area contributed by atoms with E-state index < -0.39 is 5.97 Å². The van der Waals surface area contributed by atoms with Crippen LogP contribution in [0.1, 0.15) is 28.7 Å². The van der Waals surface area contributed by atoms with Gasteiger partial charge in [-0.2, -0.15) is 4.98 Å². The molecule has 1 aromatic heterocycles. The molecule has 0 radical (unpaired) electrons. The zero-order chi connectivity index (χ0) is 18.5. The number of carboxylic acid groups (broad SMARTS) is 1. The molecule has 0 fully saturated rings. The van der Waals surface area contributed by atoms with Gasteiger partial charge in [0, 0.05) is 6.42 Å². The standard InChI is InChI=1S/C20H19N3O3/c1-2-3-8-18-21-20(26)22-23(18)13-14-9-11-15(12-10-14)16-6-4-5-7-17(16)19(24)25/h2-7,9-12H,8,13H2,1H3,(H,22,26)(H,24,25)/b3-2+. The lowest BCUT2D eigenvalue weighted by atomic mass is 9.99. The summed E-state index contributed by atoms with van der Waals surface area (Å²) in [6.07, 6.45) is 4.44. The first kappa shape index (κ1) is 17.4. The third-order valence-corrected chi connectivity index (χ3v) is 4.07. The van der Waals surface area contributed by atoms with Crippen LogP contribution in [-0.4, -0.2) is 25.8 Å². The van der Waals surface area contributed by atoms with Gasteiger partial charge in [-0.15, -0.1) is 0 Å². The van der Waals surface area contributed by atoms with Gasteiger partial charge in [0.15, 0.2) is 0 Å². The first-order valence-electron chi connectivity index (χ1n) is 8.27. The van der Waals surface area contributed by atoms with Crippen LogP contribution in [0.15, 0.2) is 65.5 Å². The van der Waals surface area contributed by atoms with E-state index in [2.05, 4.69) is 10.1 Å².